The van der Waals surface area contributed by atoms with E-state index in [9.17, 15) is 32.7 Å². The van der Waals surface area contributed by atoms with E-state index in [2.05, 4.69) is 15.8 Å². The second-order valence-corrected chi connectivity index (χ2v) is 9.82. The number of nitrogens with zero attached hydrogens (tertiary/aromatic N) is 2. The summed E-state index contributed by atoms with van der Waals surface area (Å²) in [4.78, 5) is 38.1. The molecule has 2 heterocycles. The van der Waals surface area contributed by atoms with E-state index in [1.807, 2.05) is 13.8 Å². The number of benzene rings is 3. The predicted molar refractivity (Wildman–Crippen MR) is 142 cm³/mol. The molecule has 0 aromatic heterocycles. The Morgan fingerprint density at radius 2 is 1.79 bits per heavy atom. The maximum absolute atomic E-state index is 13.5. The zero-order valence-electron chi connectivity index (χ0n) is 20.4. The minimum absolute atomic E-state index is 0.0234. The molecule has 39 heavy (non-hydrogen) atoms. The van der Waals surface area contributed by atoms with Gasteiger partial charge in [-0.2, -0.15) is 18.3 Å². The number of rotatable bonds is 4. The molecule has 1 fully saturated rings. The van der Waals surface area contributed by atoms with Crippen LogP contribution in [-0.4, -0.2) is 27.9 Å². The van der Waals surface area contributed by atoms with Gasteiger partial charge >= 0.3 is 6.18 Å². The lowest BCUT2D eigenvalue weighted by Crippen LogP contribution is -2.26. The second kappa shape index (κ2) is 9.62. The normalized spacial score (nSPS) is 17.3. The molecule has 3 N–H and O–H groups in total. The van der Waals surface area contributed by atoms with Crippen molar-refractivity contribution in [2.24, 2.45) is 5.10 Å². The number of nitrogens with one attached hydrogen (secondary N) is 2. The van der Waals surface area contributed by atoms with Crippen LogP contribution in [0.15, 0.2) is 64.6 Å². The number of aromatic hydroxyl groups is 1. The van der Waals surface area contributed by atoms with Crippen LogP contribution in [-0.2, 0) is 15.8 Å². The lowest BCUT2D eigenvalue weighted by atomic mass is 10.1. The highest BCUT2D eigenvalue weighted by molar-refractivity contribution is 8.18. The maximum Gasteiger partial charge on any atom is 0.416 e. The summed E-state index contributed by atoms with van der Waals surface area (Å²) in [6, 6.07) is 12.6. The lowest BCUT2D eigenvalue weighted by molar-refractivity contribution is -0.137. The molecule has 12 heteroatoms. The highest BCUT2D eigenvalue weighted by Gasteiger charge is 2.39. The summed E-state index contributed by atoms with van der Waals surface area (Å²) < 4.78 is 40.5. The van der Waals surface area contributed by atoms with Gasteiger partial charge in [0.1, 0.15) is 5.75 Å². The zero-order valence-corrected chi connectivity index (χ0v) is 21.2. The van der Waals surface area contributed by atoms with Crippen molar-refractivity contribution >= 4 is 57.7 Å². The molecule has 0 unspecified atom stereocenters. The number of carbonyl (C=O) groups is 3. The maximum atomic E-state index is 13.5. The van der Waals surface area contributed by atoms with Crippen LogP contribution in [0.4, 0.5) is 35.0 Å². The fraction of sp³-hybridized carbons (Fsp3) is 0.111. The van der Waals surface area contributed by atoms with E-state index in [1.165, 1.54) is 29.2 Å². The van der Waals surface area contributed by atoms with Crippen LogP contribution in [0.2, 0.25) is 0 Å². The highest BCUT2D eigenvalue weighted by Crippen LogP contribution is 2.41. The number of hydrogen-bond acceptors (Lipinski definition) is 7. The highest BCUT2D eigenvalue weighted by atomic mass is 32.2. The standard InChI is InChI=1S/C27H19F3N4O4S/c1-13-6-8-17(10-14(13)2)34-20-12-16(27(28,29)30)7-9-18(20)22(25(34)37)33-32-19-5-3-4-15(23(19)35)11-21-24(36)31-26(38)39-21/h3-12,32,35H,1-2H3,(H,31,36,38)/b21-11+,33-22-. The van der Waals surface area contributed by atoms with Crippen molar-refractivity contribution in [3.8, 4) is 5.75 Å². The Hall–Kier alpha value is -4.58. The summed E-state index contributed by atoms with van der Waals surface area (Å²) >= 11 is 0.684. The molecule has 0 radical (unpaired) electrons. The first-order chi connectivity index (χ1) is 18.4. The van der Waals surface area contributed by atoms with Crippen LogP contribution in [0.5, 0.6) is 5.75 Å². The summed E-state index contributed by atoms with van der Waals surface area (Å²) in [5.74, 6) is -1.57. The van der Waals surface area contributed by atoms with Gasteiger partial charge < -0.3 is 5.11 Å². The fourth-order valence-electron chi connectivity index (χ4n) is 4.10. The van der Waals surface area contributed by atoms with Gasteiger partial charge in [0.15, 0.2) is 5.71 Å². The van der Waals surface area contributed by atoms with Crippen LogP contribution in [0.3, 0.4) is 0 Å². The molecule has 0 atom stereocenters. The number of phenolic OH excluding ortho intramolecular Hbond substituents is 1. The van der Waals surface area contributed by atoms with E-state index in [0.717, 1.165) is 23.3 Å². The molecule has 0 aliphatic carbocycles. The average Bonchev–Trinajstić information content (AvgIpc) is 3.34. The number of carbonyl (C=O) groups excluding carboxylic acids is 3. The SMILES string of the molecule is Cc1ccc(N2C(=O)/C(=N\Nc3cccc(/C=C4/SC(=O)NC4=O)c3O)c3ccc(C(F)(F)F)cc32)cc1C. The minimum atomic E-state index is -4.62. The third-order valence-electron chi connectivity index (χ3n) is 6.26. The molecule has 0 saturated carbocycles. The molecule has 2 aliphatic heterocycles. The first kappa shape index (κ1) is 26.0. The van der Waals surface area contributed by atoms with E-state index in [0.29, 0.717) is 17.4 Å². The number of aryl methyl sites for hydroxylation is 2. The molecule has 1 saturated heterocycles. The van der Waals surface area contributed by atoms with E-state index >= 15 is 0 Å². The topological polar surface area (TPSA) is 111 Å². The number of alkyl halides is 3. The van der Waals surface area contributed by atoms with Crippen LogP contribution in [0.1, 0.15) is 27.8 Å². The molecule has 3 amide bonds. The van der Waals surface area contributed by atoms with Crippen LogP contribution in [0.25, 0.3) is 6.08 Å². The summed E-state index contributed by atoms with van der Waals surface area (Å²) in [7, 11) is 0. The summed E-state index contributed by atoms with van der Waals surface area (Å²) in [5.41, 5.74) is 4.20. The molecule has 3 aromatic carbocycles. The largest absolute Gasteiger partial charge is 0.505 e. The van der Waals surface area contributed by atoms with Gasteiger partial charge in [0.25, 0.3) is 17.1 Å². The summed E-state index contributed by atoms with van der Waals surface area (Å²) in [6.07, 6.45) is -3.29. The monoisotopic (exact) mass is 552 g/mol. The molecule has 3 aromatic rings. The van der Waals surface area contributed by atoms with Gasteiger partial charge in [-0.15, -0.1) is 0 Å². The van der Waals surface area contributed by atoms with Crippen LogP contribution in [0, 0.1) is 13.8 Å². The number of hydrogen-bond donors (Lipinski definition) is 3. The zero-order chi connectivity index (χ0) is 28.1. The van der Waals surface area contributed by atoms with Gasteiger partial charge in [0.05, 0.1) is 21.8 Å². The molecule has 0 spiro atoms. The van der Waals surface area contributed by atoms with Crippen molar-refractivity contribution in [2.45, 2.75) is 20.0 Å². The smallest absolute Gasteiger partial charge is 0.416 e. The molecule has 198 valence electrons. The van der Waals surface area contributed by atoms with Gasteiger partial charge in [-0.05, 0) is 79.2 Å². The number of imide groups is 1. The molecule has 0 bridgehead atoms. The minimum Gasteiger partial charge on any atom is -0.505 e. The molecular weight excluding hydrogens is 533 g/mol. The van der Waals surface area contributed by atoms with Crippen molar-refractivity contribution in [3.05, 3.63) is 87.3 Å². The average molecular weight is 553 g/mol. The molecule has 2 aliphatic rings. The Morgan fingerprint density at radius 3 is 2.46 bits per heavy atom. The Bertz CT molecular complexity index is 1630. The van der Waals surface area contributed by atoms with Gasteiger partial charge in [-0.1, -0.05) is 18.2 Å². The Balaban J connectivity index is 1.54. The van der Waals surface area contributed by atoms with Crippen molar-refractivity contribution in [1.29, 1.82) is 0 Å². The van der Waals surface area contributed by atoms with Gasteiger partial charge in [0, 0.05) is 16.8 Å². The van der Waals surface area contributed by atoms with Crippen LogP contribution >= 0.6 is 11.8 Å². The quantitative estimate of drug-likeness (QED) is 0.213. The first-order valence-electron chi connectivity index (χ1n) is 11.5. The van der Waals surface area contributed by atoms with Crippen molar-refractivity contribution in [2.75, 3.05) is 10.3 Å². The number of thioether (sulfide) groups is 1. The molecular formula is C27H19F3N4O4S. The van der Waals surface area contributed by atoms with Crippen molar-refractivity contribution < 1.29 is 32.7 Å². The summed E-state index contributed by atoms with van der Waals surface area (Å²) in [5, 5.41) is 16.5. The second-order valence-electron chi connectivity index (χ2n) is 8.81. The van der Waals surface area contributed by atoms with Crippen LogP contribution < -0.4 is 15.6 Å². The van der Waals surface area contributed by atoms with Gasteiger partial charge in [-0.25, -0.2) is 0 Å². The first-order valence-corrected chi connectivity index (χ1v) is 12.3. The fourth-order valence-corrected chi connectivity index (χ4v) is 4.77. The Morgan fingerprint density at radius 1 is 1.03 bits per heavy atom. The Labute approximate surface area is 224 Å². The van der Waals surface area contributed by atoms with E-state index in [-0.39, 0.29) is 38.9 Å². The van der Waals surface area contributed by atoms with Crippen molar-refractivity contribution in [1.82, 2.24) is 5.32 Å². The van der Waals surface area contributed by atoms with E-state index in [1.54, 1.807) is 24.3 Å². The number of para-hydroxylation sites is 1. The number of fused-ring (bicyclic) bond motifs is 1. The summed E-state index contributed by atoms with van der Waals surface area (Å²) in [6.45, 7) is 3.71. The van der Waals surface area contributed by atoms with Crippen molar-refractivity contribution in [3.63, 3.8) is 0 Å². The van der Waals surface area contributed by atoms with E-state index < -0.39 is 28.8 Å². The molecule has 5 rings (SSSR count). The number of hydrazone groups is 1. The third-order valence-corrected chi connectivity index (χ3v) is 7.07. The number of phenols is 1. The molecule has 8 nitrogen and oxygen atoms in total. The predicted octanol–water partition coefficient (Wildman–Crippen LogP) is 5.85. The number of halogens is 3. The van der Waals surface area contributed by atoms with Gasteiger partial charge in [0.2, 0.25) is 0 Å². The number of anilines is 3. The lowest BCUT2D eigenvalue weighted by Gasteiger charge is -2.19. The Kier molecular flexibility index (Phi) is 6.43. The van der Waals surface area contributed by atoms with E-state index in [4.69, 9.17) is 0 Å². The number of amides is 3. The van der Waals surface area contributed by atoms with Gasteiger partial charge in [-0.3, -0.25) is 30.0 Å². The third kappa shape index (κ3) is 4.86.